The minimum atomic E-state index is -0.661. The quantitative estimate of drug-likeness (QED) is 0.0757. The lowest BCUT2D eigenvalue weighted by Crippen LogP contribution is -2.41. The molecule has 5 aromatic carbocycles. The van der Waals surface area contributed by atoms with Crippen molar-refractivity contribution in [2.24, 2.45) is 0 Å². The van der Waals surface area contributed by atoms with E-state index in [1.165, 1.54) is 57.7 Å². The summed E-state index contributed by atoms with van der Waals surface area (Å²) in [5, 5.41) is 21.5. The van der Waals surface area contributed by atoms with Crippen LogP contribution in [0.3, 0.4) is 0 Å². The summed E-state index contributed by atoms with van der Waals surface area (Å²) < 4.78 is 32.1. The van der Waals surface area contributed by atoms with Crippen LogP contribution >= 0.6 is 0 Å². The molecule has 2 saturated carbocycles. The Morgan fingerprint density at radius 1 is 0.600 bits per heavy atom. The van der Waals surface area contributed by atoms with Gasteiger partial charge in [-0.25, -0.2) is 4.39 Å². The molecule has 8 rings (SSSR count). The van der Waals surface area contributed by atoms with Gasteiger partial charge in [0.1, 0.15) is 5.82 Å². The molecule has 0 spiro atoms. The minimum absolute atomic E-state index is 0.0596. The van der Waals surface area contributed by atoms with E-state index in [9.17, 15) is 19.4 Å². The van der Waals surface area contributed by atoms with Crippen molar-refractivity contribution in [3.05, 3.63) is 170 Å². The molecule has 0 atom stereocenters. The van der Waals surface area contributed by atoms with Crippen LogP contribution in [0.5, 0.6) is 0 Å². The number of hydrogen-bond donors (Lipinski definition) is 2. The normalized spacial score (nSPS) is 17.9. The van der Waals surface area contributed by atoms with Gasteiger partial charge in [0, 0.05) is 10.8 Å². The fourth-order valence-corrected chi connectivity index (χ4v) is 12.2. The lowest BCUT2D eigenvalue weighted by atomic mass is 9.68. The number of rotatable bonds is 16. The SMILES string of the molecule is CCC(CC)(c1ccc(/C=C/C2(O)CCCC2)c(C)c1)c1ccc(-c2ccc(CC(=O)OC)c(F)c2)c(C)c1.CCC(CC)(c1ccc(/C=C/C2(O)CCCC2)c(C)c1)c1ccc(B2OC(C)(C)C(C)(C)O2)c(C)c1. The smallest absolute Gasteiger partial charge is 0.469 e. The zero-order valence-electron chi connectivity index (χ0n) is 47.6. The van der Waals surface area contributed by atoms with Crippen molar-refractivity contribution in [1.82, 2.24) is 0 Å². The predicted molar refractivity (Wildman–Crippen MR) is 309 cm³/mol. The Morgan fingerprint density at radius 3 is 1.40 bits per heavy atom. The average Bonchev–Trinajstić information content (AvgIpc) is 4.08. The Balaban J connectivity index is 0.000000219. The minimum Gasteiger partial charge on any atom is -0.469 e. The highest BCUT2D eigenvalue weighted by Crippen LogP contribution is 2.44. The van der Waals surface area contributed by atoms with Gasteiger partial charge in [0.2, 0.25) is 0 Å². The fraction of sp³-hybridized carbons (Fsp3) is 0.478. The summed E-state index contributed by atoms with van der Waals surface area (Å²) in [6.07, 6.45) is 19.9. The Labute approximate surface area is 450 Å². The van der Waals surface area contributed by atoms with Gasteiger partial charge in [0.25, 0.3) is 0 Å². The molecule has 1 heterocycles. The van der Waals surface area contributed by atoms with Crippen molar-refractivity contribution in [2.75, 3.05) is 7.11 Å². The highest BCUT2D eigenvalue weighted by molar-refractivity contribution is 6.62. The Morgan fingerprint density at radius 2 is 1.01 bits per heavy atom. The third-order valence-corrected chi connectivity index (χ3v) is 18.2. The van der Waals surface area contributed by atoms with E-state index in [4.69, 9.17) is 9.31 Å². The van der Waals surface area contributed by atoms with E-state index in [0.717, 1.165) is 105 Å². The van der Waals surface area contributed by atoms with E-state index in [1.54, 1.807) is 6.07 Å². The highest BCUT2D eigenvalue weighted by Gasteiger charge is 2.52. The molecule has 0 amide bonds. The molecule has 8 heteroatoms. The number of aryl methyl sites for hydroxylation is 4. The third kappa shape index (κ3) is 12.2. The molecule has 400 valence electrons. The van der Waals surface area contributed by atoms with E-state index >= 15 is 0 Å². The molecular formula is C67H86BFO6. The summed E-state index contributed by atoms with van der Waals surface area (Å²) >= 11 is 0. The van der Waals surface area contributed by atoms with E-state index in [1.807, 2.05) is 18.2 Å². The van der Waals surface area contributed by atoms with Crippen LogP contribution in [0.4, 0.5) is 4.39 Å². The summed E-state index contributed by atoms with van der Waals surface area (Å²) in [4.78, 5) is 11.6. The average molecular weight is 1020 g/mol. The van der Waals surface area contributed by atoms with Crippen molar-refractivity contribution in [3.63, 3.8) is 0 Å². The zero-order valence-corrected chi connectivity index (χ0v) is 47.6. The highest BCUT2D eigenvalue weighted by atomic mass is 19.1. The molecule has 0 bridgehead atoms. The van der Waals surface area contributed by atoms with Gasteiger partial charge < -0.3 is 24.3 Å². The Hall–Kier alpha value is -5.12. The van der Waals surface area contributed by atoms with Crippen molar-refractivity contribution < 1.29 is 33.4 Å². The summed E-state index contributed by atoms with van der Waals surface area (Å²) in [6, 6.07) is 31.9. The number of ether oxygens (including phenoxy) is 1. The molecule has 0 unspecified atom stereocenters. The molecule has 1 aliphatic heterocycles. The number of methoxy groups -OCH3 is 1. The Bertz CT molecular complexity index is 2850. The first kappa shape index (κ1) is 57.6. The van der Waals surface area contributed by atoms with Crippen molar-refractivity contribution in [2.45, 2.75) is 200 Å². The summed E-state index contributed by atoms with van der Waals surface area (Å²) in [6.45, 7) is 26.0. The summed E-state index contributed by atoms with van der Waals surface area (Å²) in [5.74, 6) is -0.856. The van der Waals surface area contributed by atoms with Gasteiger partial charge in [-0.3, -0.25) is 4.79 Å². The molecular weight excluding hydrogens is 931 g/mol. The van der Waals surface area contributed by atoms with Crippen LogP contribution in [0, 0.1) is 33.5 Å². The summed E-state index contributed by atoms with van der Waals surface area (Å²) in [7, 11) is 0.964. The lowest BCUT2D eigenvalue weighted by molar-refractivity contribution is -0.139. The molecule has 0 aromatic heterocycles. The summed E-state index contributed by atoms with van der Waals surface area (Å²) in [5.41, 5.74) is 13.3. The predicted octanol–water partition coefficient (Wildman–Crippen LogP) is 15.3. The molecule has 1 saturated heterocycles. The molecule has 5 aromatic rings. The fourth-order valence-electron chi connectivity index (χ4n) is 12.2. The van der Waals surface area contributed by atoms with Crippen LogP contribution in [0.25, 0.3) is 23.3 Å². The van der Waals surface area contributed by atoms with E-state index in [2.05, 4.69) is 173 Å². The molecule has 75 heavy (non-hydrogen) atoms. The van der Waals surface area contributed by atoms with Gasteiger partial charge in [-0.15, -0.1) is 0 Å². The number of esters is 1. The van der Waals surface area contributed by atoms with Crippen LogP contribution in [0.1, 0.15) is 194 Å². The molecule has 3 fully saturated rings. The third-order valence-electron chi connectivity index (χ3n) is 18.2. The number of carbonyl (C=O) groups is 1. The first-order chi connectivity index (χ1) is 35.5. The first-order valence-corrected chi connectivity index (χ1v) is 28.0. The van der Waals surface area contributed by atoms with Gasteiger partial charge >= 0.3 is 13.1 Å². The van der Waals surface area contributed by atoms with Gasteiger partial charge in [-0.1, -0.05) is 168 Å². The maximum atomic E-state index is 14.8. The van der Waals surface area contributed by atoms with Crippen LogP contribution < -0.4 is 5.46 Å². The second kappa shape index (κ2) is 23.2. The second-order valence-corrected chi connectivity index (χ2v) is 23.3. The topological polar surface area (TPSA) is 85.2 Å². The van der Waals surface area contributed by atoms with Crippen LogP contribution in [-0.2, 0) is 36.1 Å². The second-order valence-electron chi connectivity index (χ2n) is 23.3. The lowest BCUT2D eigenvalue weighted by Gasteiger charge is -2.34. The van der Waals surface area contributed by atoms with Crippen LogP contribution in [0.2, 0.25) is 0 Å². The van der Waals surface area contributed by atoms with Gasteiger partial charge in [0.15, 0.2) is 0 Å². The van der Waals surface area contributed by atoms with Crippen LogP contribution in [0.15, 0.2) is 103 Å². The molecule has 2 aliphatic carbocycles. The van der Waals surface area contributed by atoms with Gasteiger partial charge in [0.05, 0.1) is 35.9 Å². The Kier molecular flexibility index (Phi) is 17.8. The van der Waals surface area contributed by atoms with E-state index < -0.39 is 23.0 Å². The van der Waals surface area contributed by atoms with Crippen LogP contribution in [-0.4, -0.2) is 52.8 Å². The molecule has 3 aliphatic rings. The van der Waals surface area contributed by atoms with Gasteiger partial charge in [-0.05, 0) is 185 Å². The standard InChI is InChI=1S/C35H41FO3.C32H45BO3/c1-6-35(7-2,29-13-12-26(24(3)20-29)16-19-34(38)17-8-9-18-34)30-14-15-31(25(4)21-30)27-10-11-28(32(36)22-27)23-33(37)39-5;1-9-32(10-2,26-14-13-25(23(3)21-26)17-20-31(34)18-11-12-19-31)27-15-16-28(24(4)22-27)33-35-29(5,6)30(7,8)36-33/h10-16,19-22,38H,6-9,17-18,23H2,1-5H3;13-17,20-22,34H,9-12,18-19H2,1-8H3/b19-16+;20-17+. The van der Waals surface area contributed by atoms with Crippen molar-refractivity contribution in [1.29, 1.82) is 0 Å². The van der Waals surface area contributed by atoms with E-state index in [-0.39, 0.29) is 35.6 Å². The monoisotopic (exact) mass is 1020 g/mol. The van der Waals surface area contributed by atoms with Gasteiger partial charge in [-0.2, -0.15) is 0 Å². The maximum absolute atomic E-state index is 14.8. The molecule has 2 N–H and O–H groups in total. The molecule has 0 radical (unpaired) electrons. The largest absolute Gasteiger partial charge is 0.495 e. The van der Waals surface area contributed by atoms with Crippen molar-refractivity contribution in [3.8, 4) is 11.1 Å². The number of halogens is 1. The van der Waals surface area contributed by atoms with E-state index in [0.29, 0.717) is 5.56 Å². The molecule has 6 nitrogen and oxygen atoms in total. The first-order valence-electron chi connectivity index (χ1n) is 28.0. The number of hydrogen-bond acceptors (Lipinski definition) is 6. The number of benzene rings is 5. The number of aliphatic hydroxyl groups is 2. The maximum Gasteiger partial charge on any atom is 0.495 e. The zero-order chi connectivity index (χ0) is 54.6. The van der Waals surface area contributed by atoms with Crippen molar-refractivity contribution >= 4 is 30.7 Å². The number of carbonyl (C=O) groups excluding carboxylic acids is 1.